The zero-order valence-electron chi connectivity index (χ0n) is 31.0. The van der Waals surface area contributed by atoms with Crippen LogP contribution in [0.15, 0.2) is 188 Å². The molecule has 0 radical (unpaired) electrons. The Balaban J connectivity index is 1.07. The van der Waals surface area contributed by atoms with Gasteiger partial charge in [-0.2, -0.15) is 27.1 Å². The lowest BCUT2D eigenvalue weighted by Crippen LogP contribution is -1.98. The van der Waals surface area contributed by atoms with E-state index in [0.717, 1.165) is 34.6 Å². The van der Waals surface area contributed by atoms with Crippen molar-refractivity contribution in [2.45, 2.75) is 9.79 Å². The van der Waals surface area contributed by atoms with Gasteiger partial charge in [0.25, 0.3) is 20.2 Å². The Morgan fingerprint density at radius 1 is 0.417 bits per heavy atom. The molecule has 0 saturated heterocycles. The van der Waals surface area contributed by atoms with Crippen LogP contribution in [0.25, 0.3) is 32.7 Å². The van der Waals surface area contributed by atoms with Crippen molar-refractivity contribution >= 4 is 87.3 Å². The molecule has 8 aromatic carbocycles. The molecule has 8 aromatic rings. The van der Waals surface area contributed by atoms with Crippen LogP contribution in [0.1, 0.15) is 0 Å². The summed E-state index contributed by atoms with van der Waals surface area (Å²) in [5.41, 5.74) is 5.65. The van der Waals surface area contributed by atoms with Crippen molar-refractivity contribution in [2.75, 3.05) is 10.6 Å². The predicted molar refractivity (Wildman–Crippen MR) is 231 cm³/mol. The average Bonchev–Trinajstić information content (AvgIpc) is 3.23. The highest BCUT2D eigenvalue weighted by molar-refractivity contribution is 7.86. The largest absolute Gasteiger partial charge is 0.507 e. The van der Waals surface area contributed by atoms with Crippen molar-refractivity contribution < 1.29 is 36.2 Å². The van der Waals surface area contributed by atoms with Gasteiger partial charge in [-0.25, -0.2) is 0 Å². The highest BCUT2D eigenvalue weighted by atomic mass is 32.2. The van der Waals surface area contributed by atoms with Crippen LogP contribution >= 0.6 is 0 Å². The maximum absolute atomic E-state index is 11.9. The summed E-state index contributed by atoms with van der Waals surface area (Å²) < 4.78 is 66.7. The highest BCUT2D eigenvalue weighted by Crippen LogP contribution is 2.44. The minimum Gasteiger partial charge on any atom is -0.507 e. The van der Waals surface area contributed by atoms with E-state index in [9.17, 15) is 36.2 Å². The Labute approximate surface area is 343 Å². The molecule has 0 spiro atoms. The van der Waals surface area contributed by atoms with E-state index in [2.05, 4.69) is 31.1 Å². The second kappa shape index (κ2) is 16.0. The van der Waals surface area contributed by atoms with Gasteiger partial charge >= 0.3 is 0 Å². The number of para-hydroxylation sites is 2. The number of nitrogens with zero attached hydrogens (tertiary/aromatic N) is 4. The standard InChI is InChI=1S/C44H32N6O8S2/c51-39-25-35(59(53,54)55)23-29-15-21-37(45-31-7-3-1-4-8-31)43(41(29)39)49-47-33-17-11-27(12-18-33)28-13-19-34(20-14-28)48-50-44-38(46-32-9-5-2-6-10-32)22-16-30-24-36(60(56,57)58)26-40(52)42(30)44/h1-26,45-46,51-52H,(H,53,54,55)(H,56,57,58). The van der Waals surface area contributed by atoms with E-state index in [1.54, 1.807) is 48.5 Å². The molecule has 0 aliphatic rings. The molecule has 0 bridgehead atoms. The molecule has 298 valence electrons. The summed E-state index contributed by atoms with van der Waals surface area (Å²) in [4.78, 5) is -0.916. The van der Waals surface area contributed by atoms with Crippen molar-refractivity contribution in [2.24, 2.45) is 20.5 Å². The summed E-state index contributed by atoms with van der Waals surface area (Å²) in [6, 6.07) is 44.0. The zero-order valence-corrected chi connectivity index (χ0v) is 32.7. The molecule has 16 heteroatoms. The molecule has 0 atom stereocenters. The van der Waals surface area contributed by atoms with Gasteiger partial charge in [0, 0.05) is 23.5 Å². The predicted octanol–water partition coefficient (Wildman–Crippen LogP) is 11.9. The number of anilines is 4. The Morgan fingerprint density at radius 2 is 0.783 bits per heavy atom. The van der Waals surface area contributed by atoms with E-state index in [-0.39, 0.29) is 22.1 Å². The molecule has 0 saturated carbocycles. The van der Waals surface area contributed by atoms with Crippen molar-refractivity contribution in [3.05, 3.63) is 158 Å². The number of nitrogens with one attached hydrogen (secondary N) is 2. The van der Waals surface area contributed by atoms with E-state index >= 15 is 0 Å². The quantitative estimate of drug-likeness (QED) is 0.0534. The van der Waals surface area contributed by atoms with Crippen molar-refractivity contribution in [3.63, 3.8) is 0 Å². The highest BCUT2D eigenvalue weighted by Gasteiger charge is 2.20. The molecule has 0 unspecified atom stereocenters. The van der Waals surface area contributed by atoms with E-state index in [1.165, 1.54) is 12.1 Å². The number of hydrogen-bond acceptors (Lipinski definition) is 12. The maximum Gasteiger partial charge on any atom is 0.294 e. The molecule has 60 heavy (non-hydrogen) atoms. The van der Waals surface area contributed by atoms with Gasteiger partial charge in [0.05, 0.1) is 43.3 Å². The van der Waals surface area contributed by atoms with E-state index in [0.29, 0.717) is 33.5 Å². The molecule has 0 fully saturated rings. The normalized spacial score (nSPS) is 12.1. The Kier molecular flexibility index (Phi) is 10.5. The SMILES string of the molecule is O=S(=O)(O)c1cc(O)c2c(N=Nc3ccc(-c4ccc(N=Nc5c(Nc6ccccc6)ccc6cc(S(=O)(=O)O)cc(O)c56)cc4)cc3)c(Nc3ccccc3)ccc2c1. The van der Waals surface area contributed by atoms with E-state index in [1.807, 2.05) is 84.9 Å². The number of benzene rings is 8. The Bertz CT molecular complexity index is 2990. The van der Waals surface area contributed by atoms with Crippen LogP contribution < -0.4 is 10.6 Å². The summed E-state index contributed by atoms with van der Waals surface area (Å²) in [7, 11) is -9.17. The monoisotopic (exact) mass is 836 g/mol. The molecule has 6 N–H and O–H groups in total. The lowest BCUT2D eigenvalue weighted by Gasteiger charge is -2.13. The minimum atomic E-state index is -4.59. The smallest absolute Gasteiger partial charge is 0.294 e. The lowest BCUT2D eigenvalue weighted by atomic mass is 10.1. The molecular formula is C44H32N6O8S2. The van der Waals surface area contributed by atoms with E-state index in [4.69, 9.17) is 0 Å². The molecule has 14 nitrogen and oxygen atoms in total. The number of aromatic hydroxyl groups is 2. The third-order valence-corrected chi connectivity index (χ3v) is 11.0. The van der Waals surface area contributed by atoms with Crippen LogP contribution in [0.5, 0.6) is 11.5 Å². The molecule has 0 aliphatic heterocycles. The first-order valence-electron chi connectivity index (χ1n) is 18.0. The molecule has 0 aliphatic carbocycles. The third kappa shape index (κ3) is 8.52. The van der Waals surface area contributed by atoms with Crippen molar-refractivity contribution in [3.8, 4) is 22.6 Å². The Morgan fingerprint density at radius 3 is 1.13 bits per heavy atom. The fourth-order valence-corrected chi connectivity index (χ4v) is 7.59. The summed E-state index contributed by atoms with van der Waals surface area (Å²) in [5.74, 6) is -0.809. The Hall–Kier alpha value is -7.50. The van der Waals surface area contributed by atoms with Gasteiger partial charge in [-0.1, -0.05) is 72.8 Å². The second-order valence-corrected chi connectivity index (χ2v) is 16.3. The van der Waals surface area contributed by atoms with Gasteiger partial charge < -0.3 is 20.8 Å². The summed E-state index contributed by atoms with van der Waals surface area (Å²) in [5, 5.41) is 47.4. The fraction of sp³-hybridized carbons (Fsp3) is 0. The van der Waals surface area contributed by atoms with Crippen LogP contribution in [0, 0.1) is 0 Å². The first-order chi connectivity index (χ1) is 28.8. The summed E-state index contributed by atoms with van der Waals surface area (Å²) in [6.45, 7) is 0. The number of hydrogen-bond donors (Lipinski definition) is 6. The summed E-state index contributed by atoms with van der Waals surface area (Å²) >= 11 is 0. The molecule has 0 aromatic heterocycles. The summed E-state index contributed by atoms with van der Waals surface area (Å²) in [6.07, 6.45) is 0. The van der Waals surface area contributed by atoms with E-state index < -0.39 is 41.5 Å². The number of rotatable bonds is 11. The van der Waals surface area contributed by atoms with Gasteiger partial charge in [0.2, 0.25) is 0 Å². The topological polar surface area (TPSA) is 223 Å². The number of phenolic OH excluding ortho intramolecular Hbond substituents is 2. The zero-order chi connectivity index (χ0) is 42.0. The third-order valence-electron chi connectivity index (χ3n) is 9.39. The van der Waals surface area contributed by atoms with Crippen LogP contribution in [0.2, 0.25) is 0 Å². The van der Waals surface area contributed by atoms with Crippen LogP contribution in [0.3, 0.4) is 0 Å². The molecule has 0 heterocycles. The molecule has 0 amide bonds. The van der Waals surface area contributed by atoms with Crippen LogP contribution in [-0.2, 0) is 20.2 Å². The number of azo groups is 2. The number of phenols is 2. The minimum absolute atomic E-state index is 0.230. The van der Waals surface area contributed by atoms with Crippen molar-refractivity contribution in [1.82, 2.24) is 0 Å². The van der Waals surface area contributed by atoms with Gasteiger partial charge in [-0.05, 0) is 94.7 Å². The van der Waals surface area contributed by atoms with Gasteiger partial charge in [-0.3, -0.25) is 9.11 Å². The molecule has 8 rings (SSSR count). The van der Waals surface area contributed by atoms with Gasteiger partial charge in [-0.15, -0.1) is 10.2 Å². The number of fused-ring (bicyclic) bond motifs is 2. The maximum atomic E-state index is 11.9. The van der Waals surface area contributed by atoms with Crippen LogP contribution in [0.4, 0.5) is 45.5 Å². The second-order valence-electron chi connectivity index (χ2n) is 13.4. The van der Waals surface area contributed by atoms with Gasteiger partial charge in [0.15, 0.2) is 0 Å². The van der Waals surface area contributed by atoms with Crippen LogP contribution in [-0.4, -0.2) is 36.2 Å². The fourth-order valence-electron chi connectivity index (χ4n) is 6.51. The molecular weight excluding hydrogens is 805 g/mol. The first-order valence-corrected chi connectivity index (χ1v) is 20.9. The lowest BCUT2D eigenvalue weighted by molar-refractivity contribution is 0.470. The van der Waals surface area contributed by atoms with Gasteiger partial charge in [0.1, 0.15) is 22.9 Å². The van der Waals surface area contributed by atoms with Crippen molar-refractivity contribution in [1.29, 1.82) is 0 Å². The average molecular weight is 837 g/mol. The first kappa shape index (κ1) is 39.3.